The third-order valence-corrected chi connectivity index (χ3v) is 5.36. The van der Waals surface area contributed by atoms with Crippen LogP contribution >= 0.6 is 0 Å². The average Bonchev–Trinajstić information content (AvgIpc) is 2.58. The Labute approximate surface area is 152 Å². The Bertz CT molecular complexity index is 206. The Balaban J connectivity index is 3.31. The molecule has 2 nitrogen and oxygen atoms in total. The minimum Gasteiger partial charge on any atom is -0.396 e. The topological polar surface area (TPSA) is 40.5 Å². The van der Waals surface area contributed by atoms with Gasteiger partial charge in [-0.15, -0.1) is 0 Å². The van der Waals surface area contributed by atoms with Crippen molar-refractivity contribution in [1.82, 2.24) is 0 Å². The number of aliphatic hydroxyl groups excluding tert-OH is 2. The van der Waals surface area contributed by atoms with Gasteiger partial charge >= 0.3 is 0 Å². The maximum atomic E-state index is 8.75. The monoisotopic (exact) mass is 342 g/mol. The Kier molecular flexibility index (Phi) is 19.2. The first-order chi connectivity index (χ1) is 11.7. The zero-order chi connectivity index (χ0) is 17.9. The van der Waals surface area contributed by atoms with E-state index in [4.69, 9.17) is 10.2 Å². The van der Waals surface area contributed by atoms with Gasteiger partial charge in [0.25, 0.3) is 0 Å². The van der Waals surface area contributed by atoms with Crippen molar-refractivity contribution in [1.29, 1.82) is 0 Å². The molecule has 2 heteroatoms. The molecule has 0 aromatic carbocycles. The number of rotatable bonds is 19. The van der Waals surface area contributed by atoms with Crippen LogP contribution in [0.4, 0.5) is 0 Å². The molecule has 0 rings (SSSR count). The van der Waals surface area contributed by atoms with E-state index in [1.54, 1.807) is 0 Å². The molecule has 0 amide bonds. The number of hydrogen-bond donors (Lipinski definition) is 2. The van der Waals surface area contributed by atoms with E-state index in [9.17, 15) is 0 Å². The fourth-order valence-electron chi connectivity index (χ4n) is 3.48. The fourth-order valence-corrected chi connectivity index (χ4v) is 3.48. The van der Waals surface area contributed by atoms with Gasteiger partial charge in [0.05, 0.1) is 0 Å². The molecule has 0 fully saturated rings. The summed E-state index contributed by atoms with van der Waals surface area (Å²) in [4.78, 5) is 0. The second-order valence-electron chi connectivity index (χ2n) is 8.05. The molecular weight excluding hydrogens is 296 g/mol. The summed E-state index contributed by atoms with van der Waals surface area (Å²) in [5.41, 5.74) is 0. The van der Waals surface area contributed by atoms with Crippen molar-refractivity contribution >= 4 is 0 Å². The van der Waals surface area contributed by atoms with E-state index < -0.39 is 0 Å². The highest BCUT2D eigenvalue weighted by atomic mass is 16.3. The normalized spacial score (nSPS) is 14.0. The predicted octanol–water partition coefficient (Wildman–Crippen LogP) is 6.48. The van der Waals surface area contributed by atoms with Crippen LogP contribution in [0.1, 0.15) is 117 Å². The molecule has 0 aliphatic heterocycles. The lowest BCUT2D eigenvalue weighted by Gasteiger charge is -2.15. The van der Waals surface area contributed by atoms with E-state index >= 15 is 0 Å². The Hall–Kier alpha value is -0.0800. The smallest absolute Gasteiger partial charge is 0.0431 e. The van der Waals surface area contributed by atoms with Crippen LogP contribution in [0.3, 0.4) is 0 Å². The SMILES string of the molecule is CC(CCCCCCCCO)CCC(C)CCCCCCCCO. The molecule has 2 atom stereocenters. The molecule has 0 spiro atoms. The van der Waals surface area contributed by atoms with Crippen LogP contribution in [0.2, 0.25) is 0 Å². The molecule has 0 aromatic heterocycles. The summed E-state index contributed by atoms with van der Waals surface area (Å²) in [6.07, 6.45) is 20.8. The molecule has 0 radical (unpaired) electrons. The Morgan fingerprint density at radius 1 is 0.417 bits per heavy atom. The summed E-state index contributed by atoms with van der Waals surface area (Å²) in [6.45, 7) is 5.58. The molecule has 2 N–H and O–H groups in total. The number of unbranched alkanes of at least 4 members (excludes halogenated alkanes) is 10. The van der Waals surface area contributed by atoms with Crippen molar-refractivity contribution in [2.24, 2.45) is 11.8 Å². The van der Waals surface area contributed by atoms with E-state index in [-0.39, 0.29) is 0 Å². The van der Waals surface area contributed by atoms with E-state index in [0.29, 0.717) is 13.2 Å². The fraction of sp³-hybridized carbons (Fsp3) is 1.00. The third kappa shape index (κ3) is 18.3. The van der Waals surface area contributed by atoms with Crippen molar-refractivity contribution in [3.8, 4) is 0 Å². The van der Waals surface area contributed by atoms with Gasteiger partial charge in [-0.1, -0.05) is 104 Å². The van der Waals surface area contributed by atoms with Gasteiger partial charge < -0.3 is 10.2 Å². The predicted molar refractivity (Wildman–Crippen MR) is 106 cm³/mol. The van der Waals surface area contributed by atoms with Crippen LogP contribution in [-0.2, 0) is 0 Å². The summed E-state index contributed by atoms with van der Waals surface area (Å²) >= 11 is 0. The summed E-state index contributed by atoms with van der Waals surface area (Å²) < 4.78 is 0. The molecule has 0 aliphatic rings. The summed E-state index contributed by atoms with van der Waals surface area (Å²) in [5.74, 6) is 1.78. The molecule has 0 aliphatic carbocycles. The molecule has 0 bridgehead atoms. The zero-order valence-corrected chi connectivity index (χ0v) is 16.8. The second-order valence-corrected chi connectivity index (χ2v) is 8.05. The van der Waals surface area contributed by atoms with E-state index in [1.165, 1.54) is 89.9 Å². The van der Waals surface area contributed by atoms with Crippen molar-refractivity contribution in [3.05, 3.63) is 0 Å². The lowest BCUT2D eigenvalue weighted by molar-refractivity contribution is 0.281. The molecule has 0 heterocycles. The van der Waals surface area contributed by atoms with E-state index in [1.807, 2.05) is 0 Å². The van der Waals surface area contributed by atoms with E-state index in [2.05, 4.69) is 13.8 Å². The van der Waals surface area contributed by atoms with Gasteiger partial charge in [-0.2, -0.15) is 0 Å². The lowest BCUT2D eigenvalue weighted by atomic mass is 9.91. The minimum atomic E-state index is 0.360. The van der Waals surface area contributed by atoms with Crippen LogP contribution in [0, 0.1) is 11.8 Å². The Morgan fingerprint density at radius 3 is 1.04 bits per heavy atom. The van der Waals surface area contributed by atoms with Gasteiger partial charge in [0.2, 0.25) is 0 Å². The van der Waals surface area contributed by atoms with Crippen molar-refractivity contribution in [2.75, 3.05) is 13.2 Å². The average molecular weight is 343 g/mol. The highest BCUT2D eigenvalue weighted by Crippen LogP contribution is 2.22. The number of hydrogen-bond acceptors (Lipinski definition) is 2. The summed E-state index contributed by atoms with van der Waals surface area (Å²) in [5, 5.41) is 17.5. The van der Waals surface area contributed by atoms with Gasteiger partial charge in [0.15, 0.2) is 0 Å². The maximum absolute atomic E-state index is 8.75. The lowest BCUT2D eigenvalue weighted by Crippen LogP contribution is -2.01. The maximum Gasteiger partial charge on any atom is 0.0431 e. The summed E-state index contributed by atoms with van der Waals surface area (Å²) in [7, 11) is 0. The quantitative estimate of drug-likeness (QED) is 0.264. The van der Waals surface area contributed by atoms with Crippen molar-refractivity contribution in [2.45, 2.75) is 117 Å². The van der Waals surface area contributed by atoms with E-state index in [0.717, 1.165) is 24.7 Å². The van der Waals surface area contributed by atoms with Gasteiger partial charge in [0.1, 0.15) is 0 Å². The highest BCUT2D eigenvalue weighted by molar-refractivity contribution is 4.60. The van der Waals surface area contributed by atoms with Crippen LogP contribution in [-0.4, -0.2) is 23.4 Å². The molecule has 24 heavy (non-hydrogen) atoms. The first-order valence-corrected chi connectivity index (χ1v) is 10.9. The molecule has 146 valence electrons. The van der Waals surface area contributed by atoms with Crippen LogP contribution < -0.4 is 0 Å². The minimum absolute atomic E-state index is 0.360. The van der Waals surface area contributed by atoms with Crippen molar-refractivity contribution < 1.29 is 10.2 Å². The summed E-state index contributed by atoms with van der Waals surface area (Å²) in [6, 6.07) is 0. The first-order valence-electron chi connectivity index (χ1n) is 10.9. The molecule has 0 saturated carbocycles. The molecule has 0 saturated heterocycles. The molecule has 2 unspecified atom stereocenters. The van der Waals surface area contributed by atoms with Crippen LogP contribution in [0.25, 0.3) is 0 Å². The number of aliphatic hydroxyl groups is 2. The zero-order valence-electron chi connectivity index (χ0n) is 16.8. The molecule has 0 aromatic rings. The Morgan fingerprint density at radius 2 is 0.708 bits per heavy atom. The standard InChI is InChI=1S/C22H46O2/c1-21(15-11-7-3-5-9-13-19-23)17-18-22(2)16-12-8-4-6-10-14-20-24/h21-24H,3-20H2,1-2H3. The largest absolute Gasteiger partial charge is 0.396 e. The van der Waals surface area contributed by atoms with Crippen molar-refractivity contribution in [3.63, 3.8) is 0 Å². The van der Waals surface area contributed by atoms with Gasteiger partial charge in [-0.05, 0) is 24.7 Å². The third-order valence-electron chi connectivity index (χ3n) is 5.36. The van der Waals surface area contributed by atoms with Gasteiger partial charge in [0, 0.05) is 13.2 Å². The van der Waals surface area contributed by atoms with Gasteiger partial charge in [-0.25, -0.2) is 0 Å². The highest BCUT2D eigenvalue weighted by Gasteiger charge is 2.07. The van der Waals surface area contributed by atoms with Gasteiger partial charge in [-0.3, -0.25) is 0 Å². The second kappa shape index (κ2) is 19.2. The van der Waals surface area contributed by atoms with Crippen LogP contribution in [0.15, 0.2) is 0 Å². The molecular formula is C22H46O2. The first kappa shape index (κ1) is 23.9. The van der Waals surface area contributed by atoms with Crippen LogP contribution in [0.5, 0.6) is 0 Å².